The highest BCUT2D eigenvalue weighted by molar-refractivity contribution is 7.89. The number of pyridine rings is 1. The van der Waals surface area contributed by atoms with Crippen molar-refractivity contribution in [1.82, 2.24) is 23.8 Å². The van der Waals surface area contributed by atoms with Crippen LogP contribution < -0.4 is 10.5 Å². The summed E-state index contributed by atoms with van der Waals surface area (Å²) in [5.41, 5.74) is 4.44. The number of aromatic nitrogens is 4. The number of fused-ring (bicyclic) bond motifs is 2. The molecular weight excluding hydrogens is 454 g/mol. The lowest BCUT2D eigenvalue weighted by molar-refractivity contribution is 0.527. The summed E-state index contributed by atoms with van der Waals surface area (Å²) < 4.78 is 36.7. The predicted octanol–water partition coefficient (Wildman–Crippen LogP) is 3.22. The van der Waals surface area contributed by atoms with Gasteiger partial charge in [0.2, 0.25) is 10.0 Å². The molecule has 10 heteroatoms. The molecule has 0 atom stereocenters. The van der Waals surface area contributed by atoms with Crippen LogP contribution in [0.2, 0.25) is 0 Å². The first-order chi connectivity index (χ1) is 16.3. The molecule has 3 heterocycles. The number of nitrogens with one attached hydrogen (secondary N) is 1. The Labute approximate surface area is 195 Å². The van der Waals surface area contributed by atoms with Crippen molar-refractivity contribution >= 4 is 32.3 Å². The zero-order valence-corrected chi connectivity index (χ0v) is 19.5. The first kappa shape index (κ1) is 22.1. The number of imidazole rings is 1. The molecule has 0 unspecified atom stereocenters. The Kier molecular flexibility index (Phi) is 5.54. The van der Waals surface area contributed by atoms with Crippen LogP contribution in [0.15, 0.2) is 74.9 Å². The predicted molar refractivity (Wildman–Crippen MR) is 129 cm³/mol. The van der Waals surface area contributed by atoms with Gasteiger partial charge in [-0.25, -0.2) is 27.9 Å². The van der Waals surface area contributed by atoms with E-state index in [9.17, 15) is 13.2 Å². The van der Waals surface area contributed by atoms with E-state index in [-0.39, 0.29) is 17.0 Å². The molecule has 5 rings (SSSR count). The Hall–Kier alpha value is -3.76. The molecule has 0 spiro atoms. The fourth-order valence-electron chi connectivity index (χ4n) is 3.90. The highest BCUT2D eigenvalue weighted by Gasteiger charge is 2.17. The zero-order chi connectivity index (χ0) is 23.9. The van der Waals surface area contributed by atoms with E-state index in [1.165, 1.54) is 16.7 Å². The minimum Gasteiger partial charge on any atom is -0.408 e. The molecule has 9 nitrogen and oxygen atoms in total. The van der Waals surface area contributed by atoms with Crippen LogP contribution in [0.4, 0.5) is 0 Å². The number of oxazole rings is 1. The van der Waals surface area contributed by atoms with Crippen LogP contribution in [0.3, 0.4) is 0 Å². The van der Waals surface area contributed by atoms with Crippen molar-refractivity contribution in [3.05, 3.63) is 76.9 Å². The standard InChI is InChI=1S/C24H23N5O4S/c1-16-6-8-17(9-7-16)22-27-19-5-3-12-25-23(19)29(22)14-4-13-26-34(31,32)18-10-11-20-21(15-18)33-24(30)28(20)2/h3,5-12,15,26H,4,13-14H2,1-2H3. The van der Waals surface area contributed by atoms with Crippen LogP contribution in [0.25, 0.3) is 33.7 Å². The van der Waals surface area contributed by atoms with E-state index in [1.807, 2.05) is 47.9 Å². The molecule has 0 radical (unpaired) electrons. The van der Waals surface area contributed by atoms with Crippen molar-refractivity contribution in [1.29, 1.82) is 0 Å². The number of sulfonamides is 1. The summed E-state index contributed by atoms with van der Waals surface area (Å²) in [6.45, 7) is 2.79. The highest BCUT2D eigenvalue weighted by atomic mass is 32.2. The smallest absolute Gasteiger partial charge is 0.408 e. The van der Waals surface area contributed by atoms with Gasteiger partial charge in [0.05, 0.1) is 10.4 Å². The second-order valence-corrected chi connectivity index (χ2v) is 9.87. The van der Waals surface area contributed by atoms with Crippen molar-refractivity contribution in [2.24, 2.45) is 7.05 Å². The van der Waals surface area contributed by atoms with E-state index >= 15 is 0 Å². The fraction of sp³-hybridized carbons (Fsp3) is 0.208. The molecular formula is C24H23N5O4S. The van der Waals surface area contributed by atoms with E-state index in [4.69, 9.17) is 9.40 Å². The SMILES string of the molecule is Cc1ccc(-c2nc3cccnc3n2CCCNS(=O)(=O)c2ccc3c(c2)oc(=O)n3C)cc1. The number of hydrogen-bond donors (Lipinski definition) is 1. The number of nitrogens with zero attached hydrogens (tertiary/aromatic N) is 4. The van der Waals surface area contributed by atoms with Crippen LogP contribution in [0, 0.1) is 6.92 Å². The minimum atomic E-state index is -3.77. The van der Waals surface area contributed by atoms with Crippen molar-refractivity contribution in [2.75, 3.05) is 6.54 Å². The van der Waals surface area contributed by atoms with Gasteiger partial charge in [0.15, 0.2) is 11.2 Å². The maximum Gasteiger partial charge on any atom is 0.419 e. The summed E-state index contributed by atoms with van der Waals surface area (Å²) >= 11 is 0. The molecule has 0 saturated heterocycles. The zero-order valence-electron chi connectivity index (χ0n) is 18.7. The second-order valence-electron chi connectivity index (χ2n) is 8.11. The van der Waals surface area contributed by atoms with Gasteiger partial charge in [-0.3, -0.25) is 4.57 Å². The van der Waals surface area contributed by atoms with E-state index in [0.717, 1.165) is 28.1 Å². The molecule has 174 valence electrons. The molecule has 0 aliphatic rings. The Bertz CT molecular complexity index is 1660. The van der Waals surface area contributed by atoms with Gasteiger partial charge in [-0.15, -0.1) is 0 Å². The average molecular weight is 478 g/mol. The van der Waals surface area contributed by atoms with Crippen molar-refractivity contribution in [3.63, 3.8) is 0 Å². The average Bonchev–Trinajstić information content (AvgIpc) is 3.34. The quantitative estimate of drug-likeness (QED) is 0.360. The van der Waals surface area contributed by atoms with Crippen LogP contribution >= 0.6 is 0 Å². The monoisotopic (exact) mass is 477 g/mol. The normalized spacial score (nSPS) is 12.1. The van der Waals surface area contributed by atoms with Gasteiger partial charge in [0.25, 0.3) is 0 Å². The van der Waals surface area contributed by atoms with E-state index in [0.29, 0.717) is 18.5 Å². The Morgan fingerprint density at radius 1 is 1.09 bits per heavy atom. The van der Waals surface area contributed by atoms with Crippen molar-refractivity contribution in [3.8, 4) is 11.4 Å². The summed E-state index contributed by atoms with van der Waals surface area (Å²) in [7, 11) is -2.20. The highest BCUT2D eigenvalue weighted by Crippen LogP contribution is 2.24. The number of rotatable bonds is 7. The molecule has 34 heavy (non-hydrogen) atoms. The summed E-state index contributed by atoms with van der Waals surface area (Å²) in [6.07, 6.45) is 2.25. The van der Waals surface area contributed by atoms with Gasteiger partial charge in [-0.1, -0.05) is 29.8 Å². The molecule has 0 aliphatic carbocycles. The number of aryl methyl sites for hydroxylation is 3. The second kappa shape index (κ2) is 8.54. The third-order valence-corrected chi connectivity index (χ3v) is 7.20. The summed E-state index contributed by atoms with van der Waals surface area (Å²) in [5, 5.41) is 0. The Morgan fingerprint density at radius 3 is 2.68 bits per heavy atom. The maximum absolute atomic E-state index is 12.8. The summed E-state index contributed by atoms with van der Waals surface area (Å²) in [4.78, 5) is 21.0. The van der Waals surface area contributed by atoms with Crippen molar-refractivity contribution in [2.45, 2.75) is 24.8 Å². The van der Waals surface area contributed by atoms with Crippen LogP contribution in [-0.4, -0.2) is 34.1 Å². The third-order valence-electron chi connectivity index (χ3n) is 5.74. The lowest BCUT2D eigenvalue weighted by Crippen LogP contribution is -2.25. The Balaban J connectivity index is 1.34. The largest absolute Gasteiger partial charge is 0.419 e. The molecule has 2 aromatic carbocycles. The maximum atomic E-state index is 12.8. The van der Waals surface area contributed by atoms with Gasteiger partial charge in [0, 0.05) is 38.0 Å². The summed E-state index contributed by atoms with van der Waals surface area (Å²) in [5.74, 6) is 0.254. The van der Waals surface area contributed by atoms with Gasteiger partial charge in [-0.05, 0) is 37.6 Å². The molecule has 0 aliphatic heterocycles. The van der Waals surface area contributed by atoms with Gasteiger partial charge in [-0.2, -0.15) is 0 Å². The topological polar surface area (TPSA) is 112 Å². The van der Waals surface area contributed by atoms with Gasteiger partial charge in [0.1, 0.15) is 11.3 Å². The molecule has 0 bridgehead atoms. The number of benzene rings is 2. The molecule has 0 saturated carbocycles. The number of hydrogen-bond acceptors (Lipinski definition) is 6. The minimum absolute atomic E-state index is 0.0458. The van der Waals surface area contributed by atoms with Crippen molar-refractivity contribution < 1.29 is 12.8 Å². The van der Waals surface area contributed by atoms with Gasteiger partial charge < -0.3 is 8.98 Å². The van der Waals surface area contributed by atoms with Crippen LogP contribution in [-0.2, 0) is 23.6 Å². The molecule has 5 aromatic rings. The summed E-state index contributed by atoms with van der Waals surface area (Å²) in [6, 6.07) is 16.3. The molecule has 0 fully saturated rings. The van der Waals surface area contributed by atoms with Gasteiger partial charge >= 0.3 is 5.76 Å². The third kappa shape index (κ3) is 4.02. The van der Waals surface area contributed by atoms with E-state index in [2.05, 4.69) is 9.71 Å². The molecule has 0 amide bonds. The van der Waals surface area contributed by atoms with Crippen LogP contribution in [0.5, 0.6) is 0 Å². The first-order valence-corrected chi connectivity index (χ1v) is 12.3. The Morgan fingerprint density at radius 2 is 1.88 bits per heavy atom. The van der Waals surface area contributed by atoms with E-state index in [1.54, 1.807) is 19.3 Å². The van der Waals surface area contributed by atoms with E-state index < -0.39 is 15.8 Å². The lowest BCUT2D eigenvalue weighted by atomic mass is 10.1. The fourth-order valence-corrected chi connectivity index (χ4v) is 4.99. The molecule has 1 N–H and O–H groups in total. The lowest BCUT2D eigenvalue weighted by Gasteiger charge is -2.10. The first-order valence-electron chi connectivity index (χ1n) is 10.8. The molecule has 3 aromatic heterocycles. The van der Waals surface area contributed by atoms with Crippen LogP contribution in [0.1, 0.15) is 12.0 Å².